The van der Waals surface area contributed by atoms with Crippen LogP contribution >= 0.6 is 0 Å². The summed E-state index contributed by atoms with van der Waals surface area (Å²) in [6, 6.07) is 3.11. The van der Waals surface area contributed by atoms with Gasteiger partial charge in [-0.3, -0.25) is 10.1 Å². The highest BCUT2D eigenvalue weighted by Crippen LogP contribution is 2.27. The standard InChI is InChI=1S/C13H6F5N3O3/c14-7-8(15)10(17)12(11(18)9(7)16)20-13(22)19-5-2-1-3-6(4-5)21(23)24/h1-4H,(H2,19,20,22). The van der Waals surface area contributed by atoms with Gasteiger partial charge in [0.1, 0.15) is 5.69 Å². The Labute approximate surface area is 130 Å². The highest BCUT2D eigenvalue weighted by molar-refractivity contribution is 6.00. The molecule has 0 spiro atoms. The van der Waals surface area contributed by atoms with Crippen molar-refractivity contribution >= 4 is 23.1 Å². The van der Waals surface area contributed by atoms with Crippen LogP contribution in [0.3, 0.4) is 0 Å². The van der Waals surface area contributed by atoms with Gasteiger partial charge in [0.15, 0.2) is 23.3 Å². The third kappa shape index (κ3) is 3.24. The summed E-state index contributed by atoms with van der Waals surface area (Å²) in [6.45, 7) is 0. The molecular weight excluding hydrogens is 341 g/mol. The predicted octanol–water partition coefficient (Wildman–Crippen LogP) is 3.93. The summed E-state index contributed by atoms with van der Waals surface area (Å²) in [6.07, 6.45) is 0. The van der Waals surface area contributed by atoms with E-state index in [1.165, 1.54) is 17.4 Å². The quantitative estimate of drug-likeness (QED) is 0.290. The van der Waals surface area contributed by atoms with E-state index >= 15 is 0 Å². The Morgan fingerprint density at radius 1 is 0.917 bits per heavy atom. The maximum Gasteiger partial charge on any atom is 0.323 e. The summed E-state index contributed by atoms with van der Waals surface area (Å²) in [7, 11) is 0. The van der Waals surface area contributed by atoms with Gasteiger partial charge in [-0.25, -0.2) is 26.7 Å². The van der Waals surface area contributed by atoms with Crippen LogP contribution in [0.25, 0.3) is 0 Å². The minimum Gasteiger partial charge on any atom is -0.307 e. The number of halogens is 5. The number of rotatable bonds is 3. The summed E-state index contributed by atoms with van der Waals surface area (Å²) in [4.78, 5) is 21.4. The van der Waals surface area contributed by atoms with Gasteiger partial charge < -0.3 is 10.6 Å². The molecule has 0 radical (unpaired) electrons. The molecule has 2 N–H and O–H groups in total. The summed E-state index contributed by atoms with van der Waals surface area (Å²) >= 11 is 0. The fourth-order valence-electron chi connectivity index (χ4n) is 1.69. The molecule has 2 aromatic rings. The van der Waals surface area contributed by atoms with Crippen molar-refractivity contribution < 1.29 is 31.7 Å². The molecule has 0 aliphatic heterocycles. The van der Waals surface area contributed by atoms with E-state index in [0.29, 0.717) is 0 Å². The van der Waals surface area contributed by atoms with Crippen molar-refractivity contribution in [3.05, 3.63) is 63.5 Å². The molecular formula is C13H6F5N3O3. The van der Waals surface area contributed by atoms with Crippen LogP contribution in [0.15, 0.2) is 24.3 Å². The summed E-state index contributed by atoms with van der Waals surface area (Å²) < 4.78 is 65.7. The molecule has 11 heteroatoms. The molecule has 126 valence electrons. The van der Waals surface area contributed by atoms with Gasteiger partial charge in [-0.1, -0.05) is 6.07 Å². The van der Waals surface area contributed by atoms with Crippen LogP contribution in [0.2, 0.25) is 0 Å². The van der Waals surface area contributed by atoms with E-state index in [1.54, 1.807) is 0 Å². The third-order valence-electron chi connectivity index (χ3n) is 2.76. The van der Waals surface area contributed by atoms with Crippen molar-refractivity contribution in [2.45, 2.75) is 0 Å². The van der Waals surface area contributed by atoms with E-state index < -0.39 is 45.7 Å². The minimum atomic E-state index is -2.37. The number of urea groups is 1. The first-order valence-electron chi connectivity index (χ1n) is 6.06. The van der Waals surface area contributed by atoms with Crippen molar-refractivity contribution in [2.24, 2.45) is 0 Å². The Morgan fingerprint density at radius 2 is 1.46 bits per heavy atom. The molecule has 0 atom stereocenters. The molecule has 24 heavy (non-hydrogen) atoms. The molecule has 2 amide bonds. The zero-order valence-corrected chi connectivity index (χ0v) is 11.4. The van der Waals surface area contributed by atoms with Crippen LogP contribution in [0.1, 0.15) is 0 Å². The fourth-order valence-corrected chi connectivity index (χ4v) is 1.69. The number of nitrogens with one attached hydrogen (secondary N) is 2. The second-order valence-corrected chi connectivity index (χ2v) is 4.33. The normalized spacial score (nSPS) is 10.4. The van der Waals surface area contributed by atoms with Gasteiger partial charge in [0.05, 0.1) is 4.92 Å². The number of hydrogen-bond donors (Lipinski definition) is 2. The Bertz CT molecular complexity index is 815. The first-order chi connectivity index (χ1) is 11.2. The zero-order valence-electron chi connectivity index (χ0n) is 11.4. The van der Waals surface area contributed by atoms with Crippen LogP contribution in [-0.4, -0.2) is 11.0 Å². The van der Waals surface area contributed by atoms with Crippen molar-refractivity contribution in [1.82, 2.24) is 0 Å². The van der Waals surface area contributed by atoms with E-state index in [2.05, 4.69) is 0 Å². The maximum absolute atomic E-state index is 13.4. The molecule has 0 aromatic heterocycles. The van der Waals surface area contributed by atoms with Crippen LogP contribution < -0.4 is 10.6 Å². The zero-order chi connectivity index (χ0) is 18.0. The number of hydrogen-bond acceptors (Lipinski definition) is 3. The van der Waals surface area contributed by atoms with E-state index in [-0.39, 0.29) is 11.4 Å². The number of amides is 2. The minimum absolute atomic E-state index is 0.134. The predicted molar refractivity (Wildman–Crippen MR) is 72.0 cm³/mol. The maximum atomic E-state index is 13.4. The van der Waals surface area contributed by atoms with E-state index in [0.717, 1.165) is 12.1 Å². The largest absolute Gasteiger partial charge is 0.323 e. The first-order valence-corrected chi connectivity index (χ1v) is 6.06. The van der Waals surface area contributed by atoms with Crippen LogP contribution in [-0.2, 0) is 0 Å². The van der Waals surface area contributed by atoms with Crippen molar-refractivity contribution in [3.63, 3.8) is 0 Å². The number of anilines is 2. The molecule has 0 fully saturated rings. The molecule has 0 aliphatic rings. The monoisotopic (exact) mass is 347 g/mol. The highest BCUT2D eigenvalue weighted by atomic mass is 19.2. The van der Waals surface area contributed by atoms with Gasteiger partial charge >= 0.3 is 6.03 Å². The second kappa shape index (κ2) is 6.48. The molecule has 0 aliphatic carbocycles. The van der Waals surface area contributed by atoms with Crippen LogP contribution in [0, 0.1) is 39.2 Å². The molecule has 0 unspecified atom stereocenters. The second-order valence-electron chi connectivity index (χ2n) is 4.33. The van der Waals surface area contributed by atoms with E-state index in [4.69, 9.17) is 0 Å². The van der Waals surface area contributed by atoms with Gasteiger partial charge in [0, 0.05) is 17.8 Å². The summed E-state index contributed by atoms with van der Waals surface area (Å²) in [5.41, 5.74) is -2.07. The van der Waals surface area contributed by atoms with Crippen molar-refractivity contribution in [2.75, 3.05) is 10.6 Å². The Balaban J connectivity index is 2.25. The number of carbonyl (C=O) groups is 1. The lowest BCUT2D eigenvalue weighted by molar-refractivity contribution is -0.384. The number of carbonyl (C=O) groups excluding carboxylic acids is 1. The SMILES string of the molecule is O=C(Nc1cccc([N+](=O)[O-])c1)Nc1c(F)c(F)c(F)c(F)c1F. The first kappa shape index (κ1) is 17.1. The topological polar surface area (TPSA) is 84.3 Å². The fraction of sp³-hybridized carbons (Fsp3) is 0. The van der Waals surface area contributed by atoms with Gasteiger partial charge in [-0.05, 0) is 6.07 Å². The lowest BCUT2D eigenvalue weighted by Crippen LogP contribution is -2.22. The van der Waals surface area contributed by atoms with Gasteiger partial charge in [0.2, 0.25) is 5.82 Å². The van der Waals surface area contributed by atoms with E-state index in [9.17, 15) is 36.9 Å². The Morgan fingerprint density at radius 3 is 2.00 bits per heavy atom. The van der Waals surface area contributed by atoms with Crippen molar-refractivity contribution in [3.8, 4) is 0 Å². The van der Waals surface area contributed by atoms with Crippen LogP contribution in [0.4, 0.5) is 43.8 Å². The van der Waals surface area contributed by atoms with E-state index in [1.807, 2.05) is 5.32 Å². The van der Waals surface area contributed by atoms with Crippen molar-refractivity contribution in [1.29, 1.82) is 0 Å². The molecule has 0 heterocycles. The molecule has 6 nitrogen and oxygen atoms in total. The smallest absolute Gasteiger partial charge is 0.307 e. The number of nitrogens with zero attached hydrogens (tertiary/aromatic N) is 1. The Kier molecular flexibility index (Phi) is 4.62. The summed E-state index contributed by atoms with van der Waals surface area (Å²) in [5.74, 6) is -11.3. The lowest BCUT2D eigenvalue weighted by atomic mass is 10.2. The van der Waals surface area contributed by atoms with Gasteiger partial charge in [-0.15, -0.1) is 0 Å². The molecule has 2 aromatic carbocycles. The lowest BCUT2D eigenvalue weighted by Gasteiger charge is -2.10. The van der Waals surface area contributed by atoms with Gasteiger partial charge in [-0.2, -0.15) is 0 Å². The average Bonchev–Trinajstić information content (AvgIpc) is 2.55. The third-order valence-corrected chi connectivity index (χ3v) is 2.76. The van der Waals surface area contributed by atoms with Crippen LogP contribution in [0.5, 0.6) is 0 Å². The highest BCUT2D eigenvalue weighted by Gasteiger charge is 2.26. The number of nitro benzene ring substituents is 1. The summed E-state index contributed by atoms with van der Waals surface area (Å²) in [5, 5.41) is 14.0. The number of non-ortho nitro benzene ring substituents is 1. The molecule has 2 rings (SSSR count). The molecule has 0 bridgehead atoms. The molecule has 0 saturated heterocycles. The number of nitro groups is 1. The van der Waals surface area contributed by atoms with Gasteiger partial charge in [0.25, 0.3) is 5.69 Å². The number of benzene rings is 2. The molecule has 0 saturated carbocycles. The average molecular weight is 347 g/mol. The Hall–Kier alpha value is -3.24.